The second-order valence-electron chi connectivity index (χ2n) is 6.47. The Kier molecular flexibility index (Phi) is 5.35. The number of hydrogen-bond donors (Lipinski definition) is 1. The molecule has 1 aromatic carbocycles. The van der Waals surface area contributed by atoms with Crippen LogP contribution < -0.4 is 10.5 Å². The predicted molar refractivity (Wildman–Crippen MR) is 89.4 cm³/mol. The van der Waals surface area contributed by atoms with E-state index in [1.165, 1.54) is 5.56 Å². The van der Waals surface area contributed by atoms with Gasteiger partial charge in [0.2, 0.25) is 5.91 Å². The molecular formula is C17H25ClN2O2. The number of likely N-dealkylation sites (tertiary alicyclic amines) is 1. The van der Waals surface area contributed by atoms with Crippen LogP contribution in [0.15, 0.2) is 24.3 Å². The molecule has 2 N–H and O–H groups in total. The van der Waals surface area contributed by atoms with Crippen molar-refractivity contribution in [1.29, 1.82) is 0 Å². The van der Waals surface area contributed by atoms with Gasteiger partial charge in [-0.2, -0.15) is 0 Å². The third-order valence-corrected chi connectivity index (χ3v) is 4.93. The lowest BCUT2D eigenvalue weighted by molar-refractivity contribution is -0.139. The maximum Gasteiger partial charge on any atom is 0.242 e. The summed E-state index contributed by atoms with van der Waals surface area (Å²) < 4.78 is 5.18. The second kappa shape index (κ2) is 6.88. The molecular weight excluding hydrogens is 300 g/mol. The molecule has 1 aliphatic heterocycles. The molecule has 1 aliphatic carbocycles. The van der Waals surface area contributed by atoms with Crippen LogP contribution in [0.1, 0.15) is 31.2 Å². The van der Waals surface area contributed by atoms with Gasteiger partial charge in [0.05, 0.1) is 12.6 Å². The minimum Gasteiger partial charge on any atom is -0.497 e. The molecule has 0 spiro atoms. The highest BCUT2D eigenvalue weighted by Gasteiger charge is 2.44. The van der Waals surface area contributed by atoms with Gasteiger partial charge in [-0.1, -0.05) is 12.1 Å². The molecule has 1 unspecified atom stereocenters. The molecule has 2 aliphatic rings. The zero-order valence-electron chi connectivity index (χ0n) is 13.1. The van der Waals surface area contributed by atoms with Gasteiger partial charge in [0.25, 0.3) is 0 Å². The number of methoxy groups -OCH3 is 1. The lowest BCUT2D eigenvalue weighted by Gasteiger charge is -2.39. The van der Waals surface area contributed by atoms with Crippen LogP contribution in [0.5, 0.6) is 5.75 Å². The van der Waals surface area contributed by atoms with E-state index in [4.69, 9.17) is 10.5 Å². The van der Waals surface area contributed by atoms with Crippen molar-refractivity contribution >= 4 is 18.3 Å². The Balaban J connectivity index is 0.00000176. The van der Waals surface area contributed by atoms with Gasteiger partial charge in [0.15, 0.2) is 0 Å². The molecule has 1 saturated heterocycles. The molecule has 4 nitrogen and oxygen atoms in total. The highest BCUT2D eigenvalue weighted by molar-refractivity contribution is 5.87. The average Bonchev–Trinajstić information content (AvgIpc) is 2.93. The fraction of sp³-hybridized carbons (Fsp3) is 0.588. The first-order valence-corrected chi connectivity index (χ1v) is 7.82. The normalized spacial score (nSPS) is 22.6. The first-order valence-electron chi connectivity index (χ1n) is 7.82. The van der Waals surface area contributed by atoms with Crippen molar-refractivity contribution in [3.63, 3.8) is 0 Å². The number of ether oxygens (including phenoxy) is 1. The van der Waals surface area contributed by atoms with Gasteiger partial charge in [0, 0.05) is 13.1 Å². The first kappa shape index (κ1) is 17.1. The largest absolute Gasteiger partial charge is 0.497 e. The standard InChI is InChI=1S/C17H24N2O2.ClH/c1-21-15-5-3-13(4-6-15)11-14-7-10-19(12-14)16(20)17(18)8-2-9-17;/h3-6,14H,2,7-12,18H2,1H3;1H. The Morgan fingerprint density at radius 1 is 1.36 bits per heavy atom. The number of carbonyl (C=O) groups is 1. The van der Waals surface area contributed by atoms with Crippen LogP contribution in [0.2, 0.25) is 0 Å². The summed E-state index contributed by atoms with van der Waals surface area (Å²) in [6, 6.07) is 8.21. The number of nitrogens with two attached hydrogens (primary N) is 1. The van der Waals surface area contributed by atoms with Crippen molar-refractivity contribution in [2.45, 2.75) is 37.6 Å². The van der Waals surface area contributed by atoms with E-state index in [0.29, 0.717) is 5.92 Å². The van der Waals surface area contributed by atoms with Crippen LogP contribution in [-0.2, 0) is 11.2 Å². The maximum absolute atomic E-state index is 12.4. The molecule has 0 bridgehead atoms. The number of nitrogens with zero attached hydrogens (tertiary/aromatic N) is 1. The maximum atomic E-state index is 12.4. The number of rotatable bonds is 4. The van der Waals surface area contributed by atoms with E-state index in [-0.39, 0.29) is 18.3 Å². The summed E-state index contributed by atoms with van der Waals surface area (Å²) in [5.74, 6) is 1.61. The summed E-state index contributed by atoms with van der Waals surface area (Å²) in [6.45, 7) is 1.71. The van der Waals surface area contributed by atoms with Gasteiger partial charge >= 0.3 is 0 Å². The van der Waals surface area contributed by atoms with E-state index in [1.807, 2.05) is 17.0 Å². The van der Waals surface area contributed by atoms with E-state index in [0.717, 1.165) is 50.9 Å². The van der Waals surface area contributed by atoms with Gasteiger partial charge in [0.1, 0.15) is 5.75 Å². The summed E-state index contributed by atoms with van der Waals surface area (Å²) in [4.78, 5) is 14.4. The van der Waals surface area contributed by atoms with Crippen LogP contribution >= 0.6 is 12.4 Å². The molecule has 1 saturated carbocycles. The van der Waals surface area contributed by atoms with Crippen LogP contribution in [0.4, 0.5) is 0 Å². The minimum absolute atomic E-state index is 0. The summed E-state index contributed by atoms with van der Waals surface area (Å²) in [5, 5.41) is 0. The van der Waals surface area contributed by atoms with Crippen molar-refractivity contribution in [3.8, 4) is 5.75 Å². The number of halogens is 1. The molecule has 1 amide bonds. The van der Waals surface area contributed by atoms with Gasteiger partial charge in [-0.15, -0.1) is 12.4 Å². The van der Waals surface area contributed by atoms with Crippen LogP contribution in [0.25, 0.3) is 0 Å². The van der Waals surface area contributed by atoms with E-state index in [2.05, 4.69) is 12.1 Å². The summed E-state index contributed by atoms with van der Waals surface area (Å²) in [6.07, 6.45) is 4.89. The van der Waals surface area contributed by atoms with Crippen molar-refractivity contribution in [1.82, 2.24) is 4.90 Å². The van der Waals surface area contributed by atoms with Crippen molar-refractivity contribution in [2.75, 3.05) is 20.2 Å². The fourth-order valence-electron chi connectivity index (χ4n) is 3.37. The summed E-state index contributed by atoms with van der Waals surface area (Å²) in [5.41, 5.74) is 6.91. The molecule has 2 fully saturated rings. The Labute approximate surface area is 138 Å². The fourth-order valence-corrected chi connectivity index (χ4v) is 3.37. The monoisotopic (exact) mass is 324 g/mol. The average molecular weight is 325 g/mol. The van der Waals surface area contributed by atoms with Gasteiger partial charge in [-0.3, -0.25) is 4.79 Å². The van der Waals surface area contributed by atoms with Crippen molar-refractivity contribution in [3.05, 3.63) is 29.8 Å². The van der Waals surface area contributed by atoms with E-state index in [9.17, 15) is 4.79 Å². The topological polar surface area (TPSA) is 55.6 Å². The van der Waals surface area contributed by atoms with Gasteiger partial charge in [-0.05, 0) is 55.7 Å². The second-order valence-corrected chi connectivity index (χ2v) is 6.47. The summed E-state index contributed by atoms with van der Waals surface area (Å²) >= 11 is 0. The zero-order chi connectivity index (χ0) is 14.9. The van der Waals surface area contributed by atoms with Crippen LogP contribution in [0.3, 0.4) is 0 Å². The molecule has 22 heavy (non-hydrogen) atoms. The predicted octanol–water partition coefficient (Wildman–Crippen LogP) is 2.39. The number of carbonyl (C=O) groups excluding carboxylic acids is 1. The van der Waals surface area contributed by atoms with Crippen LogP contribution in [-0.4, -0.2) is 36.5 Å². The Bertz CT molecular complexity index is 514. The quantitative estimate of drug-likeness (QED) is 0.925. The van der Waals surface area contributed by atoms with Gasteiger partial charge in [-0.25, -0.2) is 0 Å². The SMILES string of the molecule is COc1ccc(CC2CCN(C(=O)C3(N)CCC3)C2)cc1.Cl. The Morgan fingerprint density at radius 3 is 2.59 bits per heavy atom. The highest BCUT2D eigenvalue weighted by atomic mass is 35.5. The lowest BCUT2D eigenvalue weighted by Crippen LogP contribution is -2.59. The molecule has 1 atom stereocenters. The molecule has 122 valence electrons. The molecule has 0 aromatic heterocycles. The van der Waals surface area contributed by atoms with Crippen molar-refractivity contribution in [2.24, 2.45) is 11.7 Å². The molecule has 1 heterocycles. The Morgan fingerprint density at radius 2 is 2.05 bits per heavy atom. The Hall–Kier alpha value is -1.26. The number of amides is 1. The van der Waals surface area contributed by atoms with Crippen molar-refractivity contribution < 1.29 is 9.53 Å². The molecule has 3 rings (SSSR count). The number of benzene rings is 1. The lowest BCUT2D eigenvalue weighted by atomic mass is 9.76. The van der Waals surface area contributed by atoms with E-state index >= 15 is 0 Å². The molecule has 0 radical (unpaired) electrons. The van der Waals surface area contributed by atoms with E-state index < -0.39 is 5.54 Å². The molecule has 1 aromatic rings. The van der Waals surface area contributed by atoms with Crippen LogP contribution in [0, 0.1) is 5.92 Å². The third kappa shape index (κ3) is 3.39. The highest BCUT2D eigenvalue weighted by Crippen LogP contribution is 2.33. The summed E-state index contributed by atoms with van der Waals surface area (Å²) in [7, 11) is 1.68. The third-order valence-electron chi connectivity index (χ3n) is 4.93. The van der Waals surface area contributed by atoms with E-state index in [1.54, 1.807) is 7.11 Å². The number of hydrogen-bond acceptors (Lipinski definition) is 3. The minimum atomic E-state index is -0.547. The molecule has 5 heteroatoms. The smallest absolute Gasteiger partial charge is 0.242 e. The first-order chi connectivity index (χ1) is 10.1. The van der Waals surface area contributed by atoms with Gasteiger partial charge < -0.3 is 15.4 Å². The zero-order valence-corrected chi connectivity index (χ0v) is 13.9.